The normalized spacial score (nSPS) is 10.1. The van der Waals surface area contributed by atoms with Crippen LogP contribution < -0.4 is 14.2 Å². The van der Waals surface area contributed by atoms with E-state index in [2.05, 4.69) is 0 Å². The molecule has 5 heteroatoms. The number of esters is 1. The van der Waals surface area contributed by atoms with Crippen molar-refractivity contribution in [2.24, 2.45) is 0 Å². The van der Waals surface area contributed by atoms with Gasteiger partial charge in [-0.2, -0.15) is 0 Å². The van der Waals surface area contributed by atoms with Crippen LogP contribution in [0.4, 0.5) is 0 Å². The molecule has 5 nitrogen and oxygen atoms in total. The molecule has 0 aliphatic rings. The van der Waals surface area contributed by atoms with Gasteiger partial charge in [-0.05, 0) is 67.6 Å². The lowest BCUT2D eigenvalue weighted by atomic mass is 10.1. The van der Waals surface area contributed by atoms with Crippen LogP contribution in [-0.4, -0.2) is 18.4 Å². The third-order valence-corrected chi connectivity index (χ3v) is 3.65. The lowest BCUT2D eigenvalue weighted by Gasteiger charge is -2.09. The maximum atomic E-state index is 11.9. The van der Waals surface area contributed by atoms with Crippen molar-refractivity contribution in [3.05, 3.63) is 84.4 Å². The summed E-state index contributed by atoms with van der Waals surface area (Å²) < 4.78 is 16.3. The minimum absolute atomic E-state index is 0.0455. The monoisotopic (exact) mass is 362 g/mol. The molecular weight excluding hydrogens is 344 g/mol. The molecule has 0 amide bonds. The van der Waals surface area contributed by atoms with Crippen molar-refractivity contribution in [1.29, 1.82) is 0 Å². The van der Waals surface area contributed by atoms with Crippen LogP contribution in [0.15, 0.2) is 78.9 Å². The number of ketones is 1. The van der Waals surface area contributed by atoms with E-state index in [1.54, 1.807) is 48.5 Å². The van der Waals surface area contributed by atoms with Crippen LogP contribution in [0.2, 0.25) is 0 Å². The van der Waals surface area contributed by atoms with Crippen LogP contribution in [0.25, 0.3) is 0 Å². The SMILES string of the molecule is CC(=O)c1ccc(OC(=O)COc2ccc(Oc3ccccc3)cc2)cc1. The Morgan fingerprint density at radius 2 is 1.26 bits per heavy atom. The minimum atomic E-state index is -0.532. The summed E-state index contributed by atoms with van der Waals surface area (Å²) in [5, 5.41) is 0. The Bertz CT molecular complexity index is 900. The lowest BCUT2D eigenvalue weighted by Crippen LogP contribution is -2.17. The summed E-state index contributed by atoms with van der Waals surface area (Å²) >= 11 is 0. The highest BCUT2D eigenvalue weighted by Crippen LogP contribution is 2.23. The number of para-hydroxylation sites is 1. The van der Waals surface area contributed by atoms with Gasteiger partial charge >= 0.3 is 5.97 Å². The van der Waals surface area contributed by atoms with E-state index in [0.717, 1.165) is 5.75 Å². The number of ether oxygens (including phenoxy) is 3. The number of carbonyl (C=O) groups is 2. The zero-order valence-corrected chi connectivity index (χ0v) is 14.8. The quantitative estimate of drug-likeness (QED) is 0.347. The summed E-state index contributed by atoms with van der Waals surface area (Å²) in [7, 11) is 0. The Balaban J connectivity index is 1.49. The van der Waals surface area contributed by atoms with E-state index in [1.807, 2.05) is 30.3 Å². The van der Waals surface area contributed by atoms with Crippen LogP contribution in [-0.2, 0) is 4.79 Å². The summed E-state index contributed by atoms with van der Waals surface area (Å²) in [5.74, 6) is 1.72. The fraction of sp³-hybridized carbons (Fsp3) is 0.0909. The van der Waals surface area contributed by atoms with E-state index in [1.165, 1.54) is 6.92 Å². The summed E-state index contributed by atoms with van der Waals surface area (Å²) in [6, 6.07) is 22.7. The molecule has 0 aromatic heterocycles. The standard InChI is InChI=1S/C22H18O5/c1-16(23)17-7-9-21(10-8-17)27-22(24)15-25-18-11-13-20(14-12-18)26-19-5-3-2-4-6-19/h2-14H,15H2,1H3. The van der Waals surface area contributed by atoms with Gasteiger partial charge in [-0.3, -0.25) is 4.79 Å². The molecule has 0 heterocycles. The van der Waals surface area contributed by atoms with Crippen molar-refractivity contribution >= 4 is 11.8 Å². The van der Waals surface area contributed by atoms with Gasteiger partial charge in [0, 0.05) is 5.56 Å². The number of carbonyl (C=O) groups excluding carboxylic acids is 2. The molecule has 3 aromatic carbocycles. The van der Waals surface area contributed by atoms with Gasteiger partial charge in [0.2, 0.25) is 0 Å². The van der Waals surface area contributed by atoms with Crippen LogP contribution in [0.1, 0.15) is 17.3 Å². The van der Waals surface area contributed by atoms with E-state index in [9.17, 15) is 9.59 Å². The molecule has 3 rings (SSSR count). The first-order valence-corrected chi connectivity index (χ1v) is 8.37. The molecule has 0 aliphatic carbocycles. The largest absolute Gasteiger partial charge is 0.482 e. The molecule has 0 fully saturated rings. The fourth-order valence-corrected chi connectivity index (χ4v) is 2.29. The van der Waals surface area contributed by atoms with Crippen molar-refractivity contribution in [2.75, 3.05) is 6.61 Å². The second kappa shape index (κ2) is 8.67. The Hall–Kier alpha value is -3.60. The van der Waals surface area contributed by atoms with Crippen molar-refractivity contribution in [3.63, 3.8) is 0 Å². The van der Waals surface area contributed by atoms with E-state index in [0.29, 0.717) is 22.8 Å². The second-order valence-electron chi connectivity index (χ2n) is 5.73. The van der Waals surface area contributed by atoms with Gasteiger partial charge < -0.3 is 14.2 Å². The van der Waals surface area contributed by atoms with Crippen LogP contribution in [0.3, 0.4) is 0 Å². The Kier molecular flexibility index (Phi) is 5.84. The average Bonchev–Trinajstić information content (AvgIpc) is 2.69. The van der Waals surface area contributed by atoms with Crippen molar-refractivity contribution in [1.82, 2.24) is 0 Å². The Morgan fingerprint density at radius 1 is 0.704 bits per heavy atom. The smallest absolute Gasteiger partial charge is 0.349 e. The Morgan fingerprint density at radius 3 is 1.89 bits per heavy atom. The molecule has 3 aromatic rings. The molecule has 0 bridgehead atoms. The summed E-state index contributed by atoms with van der Waals surface area (Å²) in [4.78, 5) is 23.1. The third kappa shape index (κ3) is 5.44. The van der Waals surface area contributed by atoms with E-state index in [4.69, 9.17) is 14.2 Å². The molecule has 0 aliphatic heterocycles. The topological polar surface area (TPSA) is 61.8 Å². The van der Waals surface area contributed by atoms with E-state index >= 15 is 0 Å². The van der Waals surface area contributed by atoms with Crippen LogP contribution >= 0.6 is 0 Å². The van der Waals surface area contributed by atoms with Gasteiger partial charge in [-0.15, -0.1) is 0 Å². The molecule has 136 valence electrons. The third-order valence-electron chi connectivity index (χ3n) is 3.65. The first-order valence-electron chi connectivity index (χ1n) is 8.37. The zero-order valence-electron chi connectivity index (χ0n) is 14.8. The van der Waals surface area contributed by atoms with Crippen LogP contribution in [0, 0.1) is 0 Å². The van der Waals surface area contributed by atoms with E-state index < -0.39 is 5.97 Å². The lowest BCUT2D eigenvalue weighted by molar-refractivity contribution is -0.136. The van der Waals surface area contributed by atoms with Gasteiger partial charge in [-0.25, -0.2) is 4.79 Å². The molecular formula is C22H18O5. The molecule has 0 spiro atoms. The first-order chi connectivity index (χ1) is 13.1. The van der Waals surface area contributed by atoms with Gasteiger partial charge in [0.15, 0.2) is 12.4 Å². The maximum absolute atomic E-state index is 11.9. The molecule has 0 unspecified atom stereocenters. The highest BCUT2D eigenvalue weighted by Gasteiger charge is 2.07. The molecule has 27 heavy (non-hydrogen) atoms. The van der Waals surface area contributed by atoms with Crippen LogP contribution in [0.5, 0.6) is 23.0 Å². The molecule has 0 radical (unpaired) electrons. The fourth-order valence-electron chi connectivity index (χ4n) is 2.29. The van der Waals surface area contributed by atoms with Crippen molar-refractivity contribution < 1.29 is 23.8 Å². The Labute approximate surface area is 157 Å². The summed E-state index contributed by atoms with van der Waals surface area (Å²) in [5.41, 5.74) is 0.559. The predicted molar refractivity (Wildman–Crippen MR) is 101 cm³/mol. The number of hydrogen-bond donors (Lipinski definition) is 0. The summed E-state index contributed by atoms with van der Waals surface area (Å²) in [6.45, 7) is 1.25. The number of Topliss-reactive ketones (excluding diaryl/α,β-unsaturated/α-hetero) is 1. The number of hydrogen-bond acceptors (Lipinski definition) is 5. The molecule has 0 saturated carbocycles. The molecule has 0 atom stereocenters. The van der Waals surface area contributed by atoms with Crippen molar-refractivity contribution in [3.8, 4) is 23.0 Å². The van der Waals surface area contributed by atoms with Gasteiger partial charge in [-0.1, -0.05) is 18.2 Å². The van der Waals surface area contributed by atoms with E-state index in [-0.39, 0.29) is 12.4 Å². The highest BCUT2D eigenvalue weighted by molar-refractivity contribution is 5.94. The second-order valence-corrected chi connectivity index (χ2v) is 5.73. The molecule has 0 saturated heterocycles. The molecule has 0 N–H and O–H groups in total. The zero-order chi connectivity index (χ0) is 19.1. The maximum Gasteiger partial charge on any atom is 0.349 e. The number of benzene rings is 3. The van der Waals surface area contributed by atoms with Gasteiger partial charge in [0.25, 0.3) is 0 Å². The highest BCUT2D eigenvalue weighted by atomic mass is 16.6. The predicted octanol–water partition coefficient (Wildman–Crippen LogP) is 4.67. The summed E-state index contributed by atoms with van der Waals surface area (Å²) in [6.07, 6.45) is 0. The van der Waals surface area contributed by atoms with Crippen molar-refractivity contribution in [2.45, 2.75) is 6.92 Å². The average molecular weight is 362 g/mol. The first kappa shape index (κ1) is 18.2. The van der Waals surface area contributed by atoms with Gasteiger partial charge in [0.1, 0.15) is 23.0 Å². The van der Waals surface area contributed by atoms with Gasteiger partial charge in [0.05, 0.1) is 0 Å². The number of rotatable bonds is 7. The minimum Gasteiger partial charge on any atom is -0.482 e.